The minimum absolute atomic E-state index is 0.160. The summed E-state index contributed by atoms with van der Waals surface area (Å²) < 4.78 is 5.20. The fraction of sp³-hybridized carbons (Fsp3) is 0.238. The van der Waals surface area contributed by atoms with Crippen molar-refractivity contribution in [1.82, 2.24) is 4.90 Å². The molecule has 9 heteroatoms. The molecule has 30 heavy (non-hydrogen) atoms. The summed E-state index contributed by atoms with van der Waals surface area (Å²) in [6.07, 6.45) is -0.613. The standard InChI is InChI=1S/C21H18Cl2N2O5/c1-12(20(28)24-17-7-6-15(22)10-16(17)23)30-21(29)14-4-2-13(3-5-14)11-25-18(26)8-9-19(25)27/h2-7,10,12H,8-9,11H2,1H3,(H,24,28). The molecule has 0 aromatic heterocycles. The number of imide groups is 1. The Kier molecular flexibility index (Phi) is 6.74. The molecule has 1 atom stereocenters. The minimum Gasteiger partial charge on any atom is -0.449 e. The van der Waals surface area contributed by atoms with E-state index in [2.05, 4.69) is 5.32 Å². The van der Waals surface area contributed by atoms with Crippen molar-refractivity contribution >= 4 is 52.6 Å². The zero-order chi connectivity index (χ0) is 21.8. The fourth-order valence-electron chi connectivity index (χ4n) is 2.84. The predicted octanol–water partition coefficient (Wildman–Crippen LogP) is 3.83. The van der Waals surface area contributed by atoms with E-state index < -0.39 is 18.0 Å². The lowest BCUT2D eigenvalue weighted by Crippen LogP contribution is -2.30. The molecule has 2 aromatic carbocycles. The molecule has 1 fully saturated rings. The van der Waals surface area contributed by atoms with Gasteiger partial charge in [-0.1, -0.05) is 35.3 Å². The van der Waals surface area contributed by atoms with E-state index in [0.29, 0.717) is 16.3 Å². The van der Waals surface area contributed by atoms with Crippen LogP contribution >= 0.6 is 23.2 Å². The number of halogens is 2. The van der Waals surface area contributed by atoms with Gasteiger partial charge in [0.2, 0.25) is 11.8 Å². The predicted molar refractivity (Wildman–Crippen MR) is 111 cm³/mol. The number of esters is 1. The molecule has 0 bridgehead atoms. The van der Waals surface area contributed by atoms with Gasteiger partial charge in [-0.05, 0) is 42.8 Å². The third kappa shape index (κ3) is 5.17. The molecular formula is C21H18Cl2N2O5. The molecule has 1 N–H and O–H groups in total. The molecule has 1 saturated heterocycles. The smallest absolute Gasteiger partial charge is 0.338 e. The van der Waals surface area contributed by atoms with Gasteiger partial charge in [-0.2, -0.15) is 0 Å². The quantitative estimate of drug-likeness (QED) is 0.535. The van der Waals surface area contributed by atoms with Crippen molar-refractivity contribution in [3.63, 3.8) is 0 Å². The summed E-state index contributed by atoms with van der Waals surface area (Å²) in [6.45, 7) is 1.60. The summed E-state index contributed by atoms with van der Waals surface area (Å²) in [7, 11) is 0. The van der Waals surface area contributed by atoms with E-state index in [1.807, 2.05) is 0 Å². The number of anilines is 1. The van der Waals surface area contributed by atoms with Crippen LogP contribution in [-0.2, 0) is 25.7 Å². The van der Waals surface area contributed by atoms with E-state index in [4.69, 9.17) is 27.9 Å². The number of hydrogen-bond acceptors (Lipinski definition) is 5. The summed E-state index contributed by atoms with van der Waals surface area (Å²) in [4.78, 5) is 49.2. The topological polar surface area (TPSA) is 92.8 Å². The van der Waals surface area contributed by atoms with E-state index in [1.165, 1.54) is 30.0 Å². The molecule has 7 nitrogen and oxygen atoms in total. The van der Waals surface area contributed by atoms with Crippen LogP contribution in [0.15, 0.2) is 42.5 Å². The number of carbonyl (C=O) groups excluding carboxylic acids is 4. The average Bonchev–Trinajstić information content (AvgIpc) is 3.02. The van der Waals surface area contributed by atoms with Crippen LogP contribution in [0, 0.1) is 0 Å². The lowest BCUT2D eigenvalue weighted by molar-refractivity contribution is -0.139. The largest absolute Gasteiger partial charge is 0.449 e. The van der Waals surface area contributed by atoms with Gasteiger partial charge in [-0.15, -0.1) is 0 Å². The highest BCUT2D eigenvalue weighted by atomic mass is 35.5. The zero-order valence-electron chi connectivity index (χ0n) is 16.0. The lowest BCUT2D eigenvalue weighted by Gasteiger charge is -2.15. The number of rotatable bonds is 6. The Labute approximate surface area is 182 Å². The van der Waals surface area contributed by atoms with Gasteiger partial charge < -0.3 is 10.1 Å². The van der Waals surface area contributed by atoms with Gasteiger partial charge in [-0.25, -0.2) is 4.79 Å². The Bertz CT molecular complexity index is 991. The van der Waals surface area contributed by atoms with Crippen molar-refractivity contribution in [2.75, 3.05) is 5.32 Å². The van der Waals surface area contributed by atoms with Gasteiger partial charge >= 0.3 is 5.97 Å². The summed E-state index contributed by atoms with van der Waals surface area (Å²) in [5, 5.41) is 3.27. The second-order valence-electron chi connectivity index (χ2n) is 6.73. The Balaban J connectivity index is 1.57. The van der Waals surface area contributed by atoms with E-state index in [0.717, 1.165) is 0 Å². The second-order valence-corrected chi connectivity index (χ2v) is 7.58. The number of nitrogens with one attached hydrogen (secondary N) is 1. The van der Waals surface area contributed by atoms with Gasteiger partial charge in [0.1, 0.15) is 0 Å². The number of amides is 3. The van der Waals surface area contributed by atoms with Crippen molar-refractivity contribution in [3.05, 3.63) is 63.6 Å². The first kappa shape index (κ1) is 21.8. The lowest BCUT2D eigenvalue weighted by atomic mass is 10.1. The maximum Gasteiger partial charge on any atom is 0.338 e. The Hall–Kier alpha value is -2.90. The Morgan fingerprint density at radius 3 is 2.30 bits per heavy atom. The molecule has 3 amide bonds. The molecule has 156 valence electrons. The van der Waals surface area contributed by atoms with Gasteiger partial charge in [0.25, 0.3) is 5.91 Å². The van der Waals surface area contributed by atoms with Crippen molar-refractivity contribution in [1.29, 1.82) is 0 Å². The number of likely N-dealkylation sites (tertiary alicyclic amines) is 1. The molecular weight excluding hydrogens is 431 g/mol. The van der Waals surface area contributed by atoms with E-state index in [1.54, 1.807) is 24.3 Å². The number of ether oxygens (including phenoxy) is 1. The van der Waals surface area contributed by atoms with Crippen molar-refractivity contribution in [2.45, 2.75) is 32.4 Å². The highest BCUT2D eigenvalue weighted by molar-refractivity contribution is 6.36. The van der Waals surface area contributed by atoms with Crippen molar-refractivity contribution in [3.8, 4) is 0 Å². The van der Waals surface area contributed by atoms with Crippen LogP contribution in [0.5, 0.6) is 0 Å². The van der Waals surface area contributed by atoms with Crippen LogP contribution in [0.4, 0.5) is 5.69 Å². The van der Waals surface area contributed by atoms with Crippen LogP contribution < -0.4 is 5.32 Å². The average molecular weight is 449 g/mol. The molecule has 0 spiro atoms. The molecule has 2 aromatic rings. The Morgan fingerprint density at radius 2 is 1.70 bits per heavy atom. The minimum atomic E-state index is -1.07. The monoisotopic (exact) mass is 448 g/mol. The molecule has 1 heterocycles. The molecule has 1 unspecified atom stereocenters. The first-order valence-electron chi connectivity index (χ1n) is 9.13. The number of hydrogen-bond donors (Lipinski definition) is 1. The van der Waals surface area contributed by atoms with Crippen LogP contribution in [0.3, 0.4) is 0 Å². The normalized spacial score (nSPS) is 14.6. The highest BCUT2D eigenvalue weighted by Gasteiger charge is 2.28. The number of nitrogens with zero attached hydrogens (tertiary/aromatic N) is 1. The summed E-state index contributed by atoms with van der Waals surface area (Å²) in [5.74, 6) is -1.64. The third-order valence-electron chi connectivity index (χ3n) is 4.53. The van der Waals surface area contributed by atoms with E-state index in [-0.39, 0.29) is 41.8 Å². The highest BCUT2D eigenvalue weighted by Crippen LogP contribution is 2.25. The molecule has 3 rings (SSSR count). The number of benzene rings is 2. The Morgan fingerprint density at radius 1 is 1.07 bits per heavy atom. The van der Waals surface area contributed by atoms with Crippen LogP contribution in [0.1, 0.15) is 35.7 Å². The summed E-state index contributed by atoms with van der Waals surface area (Å²) in [6, 6.07) is 10.9. The molecule has 0 aliphatic carbocycles. The van der Waals surface area contributed by atoms with Crippen molar-refractivity contribution < 1.29 is 23.9 Å². The van der Waals surface area contributed by atoms with Gasteiger partial charge in [-0.3, -0.25) is 19.3 Å². The summed E-state index contributed by atoms with van der Waals surface area (Å²) >= 11 is 11.8. The van der Waals surface area contributed by atoms with E-state index in [9.17, 15) is 19.2 Å². The second kappa shape index (κ2) is 9.28. The van der Waals surface area contributed by atoms with E-state index >= 15 is 0 Å². The summed E-state index contributed by atoms with van der Waals surface area (Å²) in [5.41, 5.74) is 1.30. The molecule has 1 aliphatic heterocycles. The van der Waals surface area contributed by atoms with Gasteiger partial charge in [0.05, 0.1) is 22.8 Å². The fourth-order valence-corrected chi connectivity index (χ4v) is 3.29. The third-order valence-corrected chi connectivity index (χ3v) is 5.08. The first-order valence-corrected chi connectivity index (χ1v) is 9.89. The van der Waals surface area contributed by atoms with Crippen LogP contribution in [-0.4, -0.2) is 34.7 Å². The molecule has 0 radical (unpaired) electrons. The number of carbonyl (C=O) groups is 4. The maximum absolute atomic E-state index is 12.3. The SMILES string of the molecule is CC(OC(=O)c1ccc(CN2C(=O)CCC2=O)cc1)C(=O)Nc1ccc(Cl)cc1Cl. The van der Waals surface area contributed by atoms with Crippen LogP contribution in [0.2, 0.25) is 10.0 Å². The van der Waals surface area contributed by atoms with Crippen LogP contribution in [0.25, 0.3) is 0 Å². The maximum atomic E-state index is 12.3. The first-order chi connectivity index (χ1) is 14.2. The van der Waals surface area contributed by atoms with Gasteiger partial charge in [0.15, 0.2) is 6.10 Å². The van der Waals surface area contributed by atoms with Crippen molar-refractivity contribution in [2.24, 2.45) is 0 Å². The molecule has 0 saturated carbocycles. The zero-order valence-corrected chi connectivity index (χ0v) is 17.5. The van der Waals surface area contributed by atoms with Gasteiger partial charge in [0, 0.05) is 17.9 Å². The molecule has 1 aliphatic rings.